The fourth-order valence-corrected chi connectivity index (χ4v) is 2.31. The number of ether oxygens (including phenoxy) is 1. The molecule has 3 aromatic rings. The summed E-state index contributed by atoms with van der Waals surface area (Å²) >= 11 is 5.84. The molecule has 0 saturated heterocycles. The summed E-state index contributed by atoms with van der Waals surface area (Å²) in [6.45, 7) is 0. The van der Waals surface area contributed by atoms with E-state index in [-0.39, 0.29) is 0 Å². The molecule has 0 spiro atoms. The van der Waals surface area contributed by atoms with Crippen LogP contribution in [0.4, 0.5) is 19.1 Å². The predicted molar refractivity (Wildman–Crippen MR) is 98.9 cm³/mol. The van der Waals surface area contributed by atoms with Crippen molar-refractivity contribution in [1.82, 2.24) is 9.66 Å². The summed E-state index contributed by atoms with van der Waals surface area (Å²) in [6.07, 6.45) is -3.55. The van der Waals surface area contributed by atoms with Gasteiger partial charge in [-0.3, -0.25) is 4.79 Å². The molecule has 0 aliphatic heterocycles. The standard InChI is InChI=1S/C18H12ClF3N4O2/c19-12-5-7-13(8-6-12)28-14-4-2-1-3-11(14)10-24-26-16(27)9-15(18(20,21)22)25-17(26)23/h1-10H,(H2,23,25)/b24-10-. The molecule has 1 heterocycles. The Morgan fingerprint density at radius 2 is 1.82 bits per heavy atom. The van der Waals surface area contributed by atoms with E-state index in [1.807, 2.05) is 0 Å². The van der Waals surface area contributed by atoms with Crippen LogP contribution >= 0.6 is 11.6 Å². The van der Waals surface area contributed by atoms with Gasteiger partial charge in [-0.15, -0.1) is 0 Å². The molecular weight excluding hydrogens is 397 g/mol. The molecule has 0 amide bonds. The van der Waals surface area contributed by atoms with Gasteiger partial charge in [-0.25, -0.2) is 4.98 Å². The lowest BCUT2D eigenvalue weighted by Crippen LogP contribution is -2.24. The number of alkyl halides is 3. The zero-order chi connectivity index (χ0) is 20.3. The van der Waals surface area contributed by atoms with Crippen molar-refractivity contribution < 1.29 is 17.9 Å². The Balaban J connectivity index is 1.91. The second kappa shape index (κ2) is 7.73. The minimum absolute atomic E-state index is 0.323. The number of benzene rings is 2. The molecule has 3 rings (SSSR count). The fourth-order valence-electron chi connectivity index (χ4n) is 2.18. The molecule has 0 fully saturated rings. The van der Waals surface area contributed by atoms with E-state index in [0.29, 0.717) is 32.8 Å². The van der Waals surface area contributed by atoms with E-state index < -0.39 is 23.4 Å². The van der Waals surface area contributed by atoms with Gasteiger partial charge in [0.1, 0.15) is 11.5 Å². The van der Waals surface area contributed by atoms with Crippen LogP contribution < -0.4 is 16.0 Å². The van der Waals surface area contributed by atoms with E-state index in [2.05, 4.69) is 10.1 Å². The number of rotatable bonds is 4. The largest absolute Gasteiger partial charge is 0.457 e. The average Bonchev–Trinajstić information content (AvgIpc) is 2.63. The van der Waals surface area contributed by atoms with Crippen LogP contribution in [0, 0.1) is 0 Å². The second-order valence-electron chi connectivity index (χ2n) is 5.49. The molecule has 0 bridgehead atoms. The Labute approximate surface area is 161 Å². The van der Waals surface area contributed by atoms with Gasteiger partial charge in [0.15, 0.2) is 5.69 Å². The van der Waals surface area contributed by atoms with Crippen molar-refractivity contribution in [3.8, 4) is 11.5 Å². The topological polar surface area (TPSA) is 82.5 Å². The van der Waals surface area contributed by atoms with Crippen LogP contribution in [-0.2, 0) is 6.18 Å². The highest BCUT2D eigenvalue weighted by Crippen LogP contribution is 2.27. The maximum Gasteiger partial charge on any atom is 0.433 e. The highest BCUT2D eigenvalue weighted by molar-refractivity contribution is 6.30. The van der Waals surface area contributed by atoms with E-state index >= 15 is 0 Å². The molecule has 0 aliphatic rings. The van der Waals surface area contributed by atoms with E-state index in [0.717, 1.165) is 0 Å². The Bertz CT molecular complexity index is 1080. The van der Waals surface area contributed by atoms with Crippen molar-refractivity contribution in [2.75, 3.05) is 5.73 Å². The molecule has 0 unspecified atom stereocenters. The number of hydrogen-bond donors (Lipinski definition) is 1. The van der Waals surface area contributed by atoms with Crippen LogP contribution in [0.2, 0.25) is 5.02 Å². The Morgan fingerprint density at radius 1 is 1.14 bits per heavy atom. The third-order valence-electron chi connectivity index (χ3n) is 3.48. The second-order valence-corrected chi connectivity index (χ2v) is 5.92. The normalized spacial score (nSPS) is 11.7. The minimum Gasteiger partial charge on any atom is -0.457 e. The summed E-state index contributed by atoms with van der Waals surface area (Å²) < 4.78 is 44.4. The van der Waals surface area contributed by atoms with Crippen LogP contribution in [0.25, 0.3) is 0 Å². The number of aromatic nitrogens is 2. The first-order valence-electron chi connectivity index (χ1n) is 7.77. The Morgan fingerprint density at radius 3 is 2.46 bits per heavy atom. The van der Waals surface area contributed by atoms with Crippen LogP contribution in [0.3, 0.4) is 0 Å². The Kier molecular flexibility index (Phi) is 5.36. The van der Waals surface area contributed by atoms with Gasteiger partial charge in [0.2, 0.25) is 5.95 Å². The third kappa shape index (κ3) is 4.49. The molecule has 0 aliphatic carbocycles. The first kappa shape index (κ1) is 19.4. The summed E-state index contributed by atoms with van der Waals surface area (Å²) in [5.74, 6) is 0.227. The zero-order valence-electron chi connectivity index (χ0n) is 14.0. The minimum atomic E-state index is -4.78. The van der Waals surface area contributed by atoms with Crippen molar-refractivity contribution in [3.63, 3.8) is 0 Å². The monoisotopic (exact) mass is 408 g/mol. The number of nitrogen functional groups attached to an aromatic ring is 1. The smallest absolute Gasteiger partial charge is 0.433 e. The van der Waals surface area contributed by atoms with Crippen molar-refractivity contribution in [2.45, 2.75) is 6.18 Å². The number of halogens is 4. The highest BCUT2D eigenvalue weighted by atomic mass is 35.5. The molecule has 144 valence electrons. The van der Waals surface area contributed by atoms with Gasteiger partial charge in [-0.05, 0) is 36.4 Å². The molecule has 1 aromatic heterocycles. The van der Waals surface area contributed by atoms with Crippen molar-refractivity contribution in [2.24, 2.45) is 5.10 Å². The maximum atomic E-state index is 12.7. The van der Waals surface area contributed by atoms with Crippen LogP contribution in [0.15, 0.2) is 64.5 Å². The molecule has 10 heteroatoms. The molecule has 0 radical (unpaired) electrons. The van der Waals surface area contributed by atoms with Crippen LogP contribution in [0.1, 0.15) is 11.3 Å². The Hall–Kier alpha value is -3.33. The van der Waals surface area contributed by atoms with Gasteiger partial charge in [-0.2, -0.15) is 22.9 Å². The van der Waals surface area contributed by atoms with E-state index in [1.165, 1.54) is 6.21 Å². The number of nitrogens with zero attached hydrogens (tertiary/aromatic N) is 3. The first-order chi connectivity index (χ1) is 13.2. The summed E-state index contributed by atoms with van der Waals surface area (Å²) in [7, 11) is 0. The highest BCUT2D eigenvalue weighted by Gasteiger charge is 2.33. The van der Waals surface area contributed by atoms with Gasteiger partial charge in [-0.1, -0.05) is 23.7 Å². The maximum absolute atomic E-state index is 12.7. The number of nitrogens with two attached hydrogens (primary N) is 1. The van der Waals surface area contributed by atoms with Gasteiger partial charge in [0.05, 0.1) is 6.21 Å². The van der Waals surface area contributed by atoms with Crippen molar-refractivity contribution in [1.29, 1.82) is 0 Å². The van der Waals surface area contributed by atoms with Crippen LogP contribution in [-0.4, -0.2) is 15.9 Å². The lowest BCUT2D eigenvalue weighted by molar-refractivity contribution is -0.141. The van der Waals surface area contributed by atoms with E-state index in [4.69, 9.17) is 22.1 Å². The van der Waals surface area contributed by atoms with E-state index in [1.54, 1.807) is 48.5 Å². The third-order valence-corrected chi connectivity index (χ3v) is 3.74. The summed E-state index contributed by atoms with van der Waals surface area (Å²) in [5, 5.41) is 4.39. The number of para-hydroxylation sites is 1. The van der Waals surface area contributed by atoms with Crippen LogP contribution in [0.5, 0.6) is 11.5 Å². The molecule has 28 heavy (non-hydrogen) atoms. The van der Waals surface area contributed by atoms with Gasteiger partial charge < -0.3 is 10.5 Å². The number of hydrogen-bond acceptors (Lipinski definition) is 5. The van der Waals surface area contributed by atoms with Crippen molar-refractivity contribution in [3.05, 3.63) is 81.2 Å². The predicted octanol–water partition coefficient (Wildman–Crippen LogP) is 4.17. The quantitative estimate of drug-likeness (QED) is 0.657. The lowest BCUT2D eigenvalue weighted by Gasteiger charge is -2.09. The van der Waals surface area contributed by atoms with E-state index in [9.17, 15) is 18.0 Å². The molecule has 2 aromatic carbocycles. The van der Waals surface area contributed by atoms with Crippen molar-refractivity contribution >= 4 is 23.8 Å². The average molecular weight is 409 g/mol. The molecule has 6 nitrogen and oxygen atoms in total. The zero-order valence-corrected chi connectivity index (χ0v) is 14.8. The fraction of sp³-hybridized carbons (Fsp3) is 0.0556. The molecule has 0 saturated carbocycles. The van der Waals surface area contributed by atoms with Gasteiger partial charge in [0.25, 0.3) is 5.56 Å². The summed E-state index contributed by atoms with van der Waals surface area (Å²) in [6, 6.07) is 13.7. The molecular formula is C18H12ClF3N4O2. The molecule has 2 N–H and O–H groups in total. The van der Waals surface area contributed by atoms with Gasteiger partial charge >= 0.3 is 6.18 Å². The lowest BCUT2D eigenvalue weighted by atomic mass is 10.2. The SMILES string of the molecule is Nc1nc(C(F)(F)F)cc(=O)n1/N=C\c1ccccc1Oc1ccc(Cl)cc1. The number of anilines is 1. The van der Waals surface area contributed by atoms with Gasteiger partial charge in [0, 0.05) is 16.7 Å². The summed E-state index contributed by atoms with van der Waals surface area (Å²) in [4.78, 5) is 15.1. The first-order valence-corrected chi connectivity index (χ1v) is 8.15. The molecule has 0 atom stereocenters. The summed E-state index contributed by atoms with van der Waals surface area (Å²) in [5.41, 5.74) is 3.47.